The van der Waals surface area contributed by atoms with Crippen LogP contribution < -0.4 is 19.7 Å². The number of ether oxygens (including phenoxy) is 3. The van der Waals surface area contributed by atoms with Crippen molar-refractivity contribution in [3.63, 3.8) is 0 Å². The third-order valence-electron chi connectivity index (χ3n) is 10.9. The van der Waals surface area contributed by atoms with Crippen LogP contribution in [-0.2, 0) is 22.5 Å². The second kappa shape index (κ2) is 14.6. The average molecular weight is 784 g/mol. The molecule has 2 saturated heterocycles. The molecule has 9 rings (SSSR count). The van der Waals surface area contributed by atoms with Crippen LogP contribution in [0.5, 0.6) is 11.8 Å². The van der Waals surface area contributed by atoms with Gasteiger partial charge in [0.25, 0.3) is 0 Å². The number of halogens is 3. The molecule has 0 saturated carbocycles. The first-order valence-corrected chi connectivity index (χ1v) is 18.9. The van der Waals surface area contributed by atoms with Gasteiger partial charge in [-0.05, 0) is 45.0 Å². The molecule has 4 aromatic heterocycles. The van der Waals surface area contributed by atoms with Crippen molar-refractivity contribution < 1.29 is 32.2 Å². The fourth-order valence-corrected chi connectivity index (χ4v) is 8.13. The zero-order valence-electron chi connectivity index (χ0n) is 31.7. The van der Waals surface area contributed by atoms with E-state index in [9.17, 15) is 9.18 Å². The molecular formula is C39H40F3N11O4. The van der Waals surface area contributed by atoms with E-state index >= 15 is 8.78 Å². The normalized spacial score (nSPS) is 20.1. The fraction of sp³-hybridized carbons (Fsp3) is 0.410. The van der Waals surface area contributed by atoms with E-state index in [1.807, 2.05) is 23.3 Å². The Bertz CT molecular complexity index is 2530. The molecular weight excluding hydrogens is 743 g/mol. The summed E-state index contributed by atoms with van der Waals surface area (Å²) in [6.07, 6.45) is 2.76. The number of hydrogen-bond donors (Lipinski definition) is 1. The molecule has 3 aliphatic rings. The van der Waals surface area contributed by atoms with Crippen LogP contribution in [0.1, 0.15) is 25.0 Å². The van der Waals surface area contributed by atoms with Gasteiger partial charge >= 0.3 is 6.01 Å². The Hall–Kier alpha value is -5.88. The van der Waals surface area contributed by atoms with Crippen LogP contribution in [0.2, 0.25) is 0 Å². The number of rotatable bonds is 7. The van der Waals surface area contributed by atoms with Crippen LogP contribution in [0, 0.1) is 30.3 Å². The Morgan fingerprint density at radius 1 is 1.02 bits per heavy atom. The predicted octanol–water partition coefficient (Wildman–Crippen LogP) is 4.02. The maximum absolute atomic E-state index is 15.5. The van der Waals surface area contributed by atoms with Crippen LogP contribution in [0.4, 0.5) is 19.0 Å². The molecule has 1 amide bonds. The number of anilines is 1. The maximum atomic E-state index is 15.5. The van der Waals surface area contributed by atoms with E-state index < -0.39 is 35.7 Å². The highest BCUT2D eigenvalue weighted by molar-refractivity contribution is 5.94. The third kappa shape index (κ3) is 6.65. The molecule has 3 aliphatic heterocycles. The summed E-state index contributed by atoms with van der Waals surface area (Å²) in [5.41, 5.74) is 2.25. The lowest BCUT2D eigenvalue weighted by Gasteiger charge is -2.31. The van der Waals surface area contributed by atoms with E-state index in [1.54, 1.807) is 24.2 Å². The minimum absolute atomic E-state index is 0.0545. The number of imidazole rings is 1. The van der Waals surface area contributed by atoms with E-state index in [0.29, 0.717) is 64.7 Å². The lowest BCUT2D eigenvalue weighted by Crippen LogP contribution is -2.47. The molecule has 4 bridgehead atoms. The molecule has 0 radical (unpaired) electrons. The number of aromatic nitrogens is 8. The SMILES string of the molecule is CCO[C@H]1CN(C)C(=O)[C@@H]2C[C@@H](CN2c2nc(CC3CNC3)nc3c2cnn3-c2c(F)cc(F)cc2OC)Oc2nccc(n2)-c2cc(F)cc3nc(C)n(c23)C1. The largest absolute Gasteiger partial charge is 0.494 e. The molecule has 7 heterocycles. The Labute approximate surface area is 324 Å². The minimum atomic E-state index is -0.887. The van der Waals surface area contributed by atoms with Gasteiger partial charge in [-0.25, -0.2) is 37.8 Å². The van der Waals surface area contributed by atoms with Gasteiger partial charge in [0.2, 0.25) is 5.91 Å². The molecule has 15 nitrogen and oxygen atoms in total. The molecule has 3 atom stereocenters. The van der Waals surface area contributed by atoms with E-state index in [-0.39, 0.29) is 54.4 Å². The lowest BCUT2D eigenvalue weighted by molar-refractivity contribution is -0.133. The second-order valence-corrected chi connectivity index (χ2v) is 14.7. The van der Waals surface area contributed by atoms with Gasteiger partial charge in [-0.3, -0.25) is 4.79 Å². The molecule has 0 unspecified atom stereocenters. The zero-order valence-corrected chi connectivity index (χ0v) is 31.7. The Morgan fingerprint density at radius 2 is 1.84 bits per heavy atom. The standard InChI is InChI=1S/C39H40F3N11O4/c1-5-56-25-17-50(3)38(54)31-13-24(57-39-44-7-6-29(47-39)26-9-22(40)11-30-34(26)51(19-25)20(2)46-30)18-52(31)36-27-16-45-53(35-28(42)10-23(41)12-32(35)55-4)37(27)49-33(48-36)8-21-14-43-15-21/h6-7,9-12,16,21,24-25,31,43H,5,8,13-15,17-19H2,1-4H3/t24-,25-,31-/m0/s1. The number of likely N-dealkylation sites (N-methyl/N-ethyl adjacent to an activating group) is 1. The summed E-state index contributed by atoms with van der Waals surface area (Å²) in [5.74, 6) is -0.635. The highest BCUT2D eigenvalue weighted by Crippen LogP contribution is 2.37. The number of carbonyl (C=O) groups is 1. The average Bonchev–Trinajstić information content (AvgIpc) is 3.86. The number of aryl methyl sites for hydroxylation is 1. The zero-order chi connectivity index (χ0) is 39.5. The van der Waals surface area contributed by atoms with Gasteiger partial charge in [-0.15, -0.1) is 0 Å². The Balaban J connectivity index is 1.17. The highest BCUT2D eigenvalue weighted by Gasteiger charge is 2.42. The first-order valence-electron chi connectivity index (χ1n) is 18.9. The van der Waals surface area contributed by atoms with Gasteiger partial charge < -0.3 is 33.9 Å². The number of amides is 1. The lowest BCUT2D eigenvalue weighted by atomic mass is 9.99. The summed E-state index contributed by atoms with van der Waals surface area (Å²) in [6.45, 7) is 6.44. The van der Waals surface area contributed by atoms with Gasteiger partial charge in [0.15, 0.2) is 17.2 Å². The van der Waals surface area contributed by atoms with Crippen LogP contribution in [0.15, 0.2) is 42.7 Å². The van der Waals surface area contributed by atoms with Gasteiger partial charge in [-0.1, -0.05) is 0 Å². The molecule has 57 heavy (non-hydrogen) atoms. The predicted molar refractivity (Wildman–Crippen MR) is 202 cm³/mol. The molecule has 18 heteroatoms. The van der Waals surface area contributed by atoms with Crippen molar-refractivity contribution in [2.75, 3.05) is 51.8 Å². The number of benzene rings is 2. The second-order valence-electron chi connectivity index (χ2n) is 14.7. The van der Waals surface area contributed by atoms with Crippen LogP contribution in [0.3, 0.4) is 0 Å². The first kappa shape index (κ1) is 36.7. The summed E-state index contributed by atoms with van der Waals surface area (Å²) in [5, 5.41) is 8.23. The summed E-state index contributed by atoms with van der Waals surface area (Å²) in [7, 11) is 3.05. The molecule has 6 aromatic rings. The van der Waals surface area contributed by atoms with E-state index in [2.05, 4.69) is 20.4 Å². The van der Waals surface area contributed by atoms with Crippen molar-refractivity contribution in [3.8, 4) is 28.7 Å². The summed E-state index contributed by atoms with van der Waals surface area (Å²) in [4.78, 5) is 42.0. The van der Waals surface area contributed by atoms with Gasteiger partial charge in [0.1, 0.15) is 46.9 Å². The van der Waals surface area contributed by atoms with Crippen LogP contribution in [0.25, 0.3) is 39.0 Å². The smallest absolute Gasteiger partial charge is 0.317 e. The quantitative estimate of drug-likeness (QED) is 0.249. The number of fused-ring (bicyclic) bond motifs is 6. The van der Waals surface area contributed by atoms with Crippen molar-refractivity contribution in [1.29, 1.82) is 0 Å². The van der Waals surface area contributed by atoms with Crippen molar-refractivity contribution in [3.05, 3.63) is 71.8 Å². The summed E-state index contributed by atoms with van der Waals surface area (Å²) in [6, 6.07) is 5.63. The van der Waals surface area contributed by atoms with Crippen molar-refractivity contribution >= 4 is 33.8 Å². The van der Waals surface area contributed by atoms with Crippen molar-refractivity contribution in [1.82, 2.24) is 49.5 Å². The molecule has 0 spiro atoms. The molecule has 2 aromatic carbocycles. The van der Waals surface area contributed by atoms with Gasteiger partial charge in [-0.2, -0.15) is 10.1 Å². The number of hydrogen-bond acceptors (Lipinski definition) is 12. The van der Waals surface area contributed by atoms with Gasteiger partial charge in [0.05, 0.1) is 54.6 Å². The van der Waals surface area contributed by atoms with Crippen molar-refractivity contribution in [2.24, 2.45) is 5.92 Å². The Kier molecular flexibility index (Phi) is 9.39. The van der Waals surface area contributed by atoms with Crippen LogP contribution >= 0.6 is 0 Å². The van der Waals surface area contributed by atoms with E-state index in [1.165, 1.54) is 30.1 Å². The monoisotopic (exact) mass is 783 g/mol. The number of carbonyl (C=O) groups excluding carboxylic acids is 1. The Morgan fingerprint density at radius 3 is 2.61 bits per heavy atom. The van der Waals surface area contributed by atoms with Crippen molar-refractivity contribution in [2.45, 2.75) is 51.5 Å². The molecule has 1 N–H and O–H groups in total. The van der Waals surface area contributed by atoms with E-state index in [0.717, 1.165) is 25.2 Å². The summed E-state index contributed by atoms with van der Waals surface area (Å²) < 4.78 is 66.3. The number of methoxy groups -OCH3 is 1. The van der Waals surface area contributed by atoms with E-state index in [4.69, 9.17) is 29.2 Å². The summed E-state index contributed by atoms with van der Waals surface area (Å²) >= 11 is 0. The highest BCUT2D eigenvalue weighted by atomic mass is 19.1. The minimum Gasteiger partial charge on any atom is -0.494 e. The fourth-order valence-electron chi connectivity index (χ4n) is 8.13. The third-order valence-corrected chi connectivity index (χ3v) is 10.9. The molecule has 0 aliphatic carbocycles. The van der Waals surface area contributed by atoms with Gasteiger partial charge in [0, 0.05) is 63.0 Å². The first-order chi connectivity index (χ1) is 27.6. The number of nitrogens with one attached hydrogen (secondary N) is 1. The maximum Gasteiger partial charge on any atom is 0.317 e. The topological polar surface area (TPSA) is 150 Å². The number of nitrogens with zero attached hydrogens (tertiary/aromatic N) is 10. The molecule has 2 fully saturated rings. The van der Waals surface area contributed by atoms with Crippen LogP contribution in [-0.4, -0.2) is 115 Å². The molecule has 296 valence electrons.